The average Bonchev–Trinajstić information content (AvgIpc) is 2.89. The lowest BCUT2D eigenvalue weighted by molar-refractivity contribution is -0.119. The van der Waals surface area contributed by atoms with Crippen molar-refractivity contribution in [2.45, 2.75) is 32.0 Å². The molecule has 0 saturated heterocycles. The fourth-order valence-electron chi connectivity index (χ4n) is 1.92. The third-order valence-electron chi connectivity index (χ3n) is 3.13. The van der Waals surface area contributed by atoms with Crippen LogP contribution in [0.4, 0.5) is 5.95 Å². The molecule has 122 valence electrons. The van der Waals surface area contributed by atoms with E-state index >= 15 is 0 Å². The van der Waals surface area contributed by atoms with Crippen LogP contribution < -0.4 is 10.5 Å². The maximum Gasteiger partial charge on any atom is 0.246 e. The van der Waals surface area contributed by atoms with Crippen molar-refractivity contribution < 1.29 is 24.8 Å². The molecule has 2 aromatic rings. The maximum absolute atomic E-state index is 9.73. The molecule has 0 bridgehead atoms. The van der Waals surface area contributed by atoms with Gasteiger partial charge >= 0.3 is 0 Å². The van der Waals surface area contributed by atoms with Crippen molar-refractivity contribution in [2.24, 2.45) is 0 Å². The van der Waals surface area contributed by atoms with Crippen LogP contribution in [0.15, 0.2) is 6.33 Å². The van der Waals surface area contributed by atoms with Gasteiger partial charge in [-0.15, -0.1) is 0 Å². The van der Waals surface area contributed by atoms with Crippen molar-refractivity contribution >= 4 is 17.1 Å². The molecule has 0 saturated carbocycles. The second-order valence-electron chi connectivity index (χ2n) is 4.73. The maximum atomic E-state index is 9.73. The van der Waals surface area contributed by atoms with Gasteiger partial charge in [0.15, 0.2) is 11.2 Å². The molecule has 0 aliphatic carbocycles. The van der Waals surface area contributed by atoms with E-state index in [4.69, 9.17) is 15.2 Å². The highest BCUT2D eigenvalue weighted by molar-refractivity contribution is 5.77. The molecular weight excluding hydrogens is 294 g/mol. The van der Waals surface area contributed by atoms with E-state index in [-0.39, 0.29) is 18.6 Å². The van der Waals surface area contributed by atoms with Crippen LogP contribution in [-0.2, 0) is 11.5 Å². The normalized spacial score (nSPS) is 15.7. The number of anilines is 1. The summed E-state index contributed by atoms with van der Waals surface area (Å²) in [6, 6.07) is 0. The summed E-state index contributed by atoms with van der Waals surface area (Å²) < 4.78 is 12.0. The van der Waals surface area contributed by atoms with E-state index in [9.17, 15) is 15.3 Å². The zero-order chi connectivity index (χ0) is 16.3. The Kier molecular flexibility index (Phi) is 5.08. The van der Waals surface area contributed by atoms with Crippen LogP contribution in [0.5, 0.6) is 5.88 Å². The summed E-state index contributed by atoms with van der Waals surface area (Å²) in [7, 11) is 1.44. The third-order valence-corrected chi connectivity index (χ3v) is 3.13. The number of nitrogens with two attached hydrogens (primary N) is 1. The zero-order valence-electron chi connectivity index (χ0n) is 12.2. The largest absolute Gasteiger partial charge is 0.479 e. The minimum absolute atomic E-state index is 0.0221. The fraction of sp³-hybridized carbons (Fsp3) is 0.583. The highest BCUT2D eigenvalue weighted by Crippen LogP contribution is 2.21. The van der Waals surface area contributed by atoms with E-state index in [2.05, 4.69) is 15.0 Å². The molecule has 0 aliphatic heterocycles. The van der Waals surface area contributed by atoms with Crippen LogP contribution in [0.2, 0.25) is 0 Å². The Labute approximate surface area is 126 Å². The highest BCUT2D eigenvalue weighted by Gasteiger charge is 2.24. The molecular formula is C12H19N5O5. The Morgan fingerprint density at radius 1 is 1.36 bits per heavy atom. The number of aromatic nitrogens is 4. The van der Waals surface area contributed by atoms with E-state index in [1.807, 2.05) is 0 Å². The minimum Gasteiger partial charge on any atom is -0.479 e. The van der Waals surface area contributed by atoms with Crippen LogP contribution in [0.3, 0.4) is 0 Å². The molecule has 5 N–H and O–H groups in total. The van der Waals surface area contributed by atoms with Gasteiger partial charge in [-0.25, -0.2) is 4.98 Å². The van der Waals surface area contributed by atoms with Gasteiger partial charge in [0.05, 0.1) is 26.1 Å². The predicted molar refractivity (Wildman–Crippen MR) is 75.9 cm³/mol. The van der Waals surface area contributed by atoms with Crippen molar-refractivity contribution in [1.29, 1.82) is 0 Å². The lowest BCUT2D eigenvalue weighted by Crippen LogP contribution is -2.40. The van der Waals surface area contributed by atoms with Gasteiger partial charge in [-0.1, -0.05) is 0 Å². The van der Waals surface area contributed by atoms with Gasteiger partial charge in [0.1, 0.15) is 18.9 Å². The zero-order valence-corrected chi connectivity index (χ0v) is 12.2. The number of fused-ring (bicyclic) bond motifs is 1. The van der Waals surface area contributed by atoms with E-state index in [1.165, 1.54) is 24.9 Å². The first-order valence-corrected chi connectivity index (χ1v) is 6.58. The number of imidazole rings is 1. The number of aliphatic hydroxyl groups excluding tert-OH is 3. The first-order chi connectivity index (χ1) is 10.5. The summed E-state index contributed by atoms with van der Waals surface area (Å²) in [6.07, 6.45) is -1.74. The van der Waals surface area contributed by atoms with Crippen LogP contribution in [-0.4, -0.2) is 66.9 Å². The summed E-state index contributed by atoms with van der Waals surface area (Å²) >= 11 is 0. The quantitative estimate of drug-likeness (QED) is 0.478. The van der Waals surface area contributed by atoms with Crippen molar-refractivity contribution in [2.75, 3.05) is 19.5 Å². The predicted octanol–water partition coefficient (Wildman–Crippen LogP) is -1.51. The first-order valence-electron chi connectivity index (χ1n) is 6.58. The Morgan fingerprint density at radius 3 is 2.68 bits per heavy atom. The average molecular weight is 313 g/mol. The number of aliphatic hydroxyl groups is 3. The summed E-state index contributed by atoms with van der Waals surface area (Å²) in [6.45, 7) is 0.909. The lowest BCUT2D eigenvalue weighted by atomic mass is 10.1. The van der Waals surface area contributed by atoms with Gasteiger partial charge in [-0.3, -0.25) is 4.57 Å². The molecule has 10 heteroatoms. The van der Waals surface area contributed by atoms with Crippen molar-refractivity contribution in [3.8, 4) is 5.88 Å². The SMILES string of the molecule is COc1nc(N)nc2c1ncn2CO[C@H](CO)[C@H](O)C(C)O. The van der Waals surface area contributed by atoms with Crippen LogP contribution >= 0.6 is 0 Å². The van der Waals surface area contributed by atoms with Gasteiger partial charge in [0.25, 0.3) is 0 Å². The van der Waals surface area contributed by atoms with E-state index in [0.717, 1.165) is 0 Å². The summed E-state index contributed by atoms with van der Waals surface area (Å²) in [4.78, 5) is 12.1. The molecule has 2 aromatic heterocycles. The molecule has 3 atom stereocenters. The van der Waals surface area contributed by atoms with E-state index in [1.54, 1.807) is 0 Å². The molecule has 0 spiro atoms. The molecule has 22 heavy (non-hydrogen) atoms. The molecule has 2 heterocycles. The smallest absolute Gasteiger partial charge is 0.246 e. The molecule has 0 amide bonds. The number of nitrogen functional groups attached to an aromatic ring is 1. The van der Waals surface area contributed by atoms with Crippen LogP contribution in [0.1, 0.15) is 6.92 Å². The first kappa shape index (κ1) is 16.4. The van der Waals surface area contributed by atoms with E-state index in [0.29, 0.717) is 11.2 Å². The summed E-state index contributed by atoms with van der Waals surface area (Å²) in [5.74, 6) is 0.262. The number of nitrogens with zero attached hydrogens (tertiary/aromatic N) is 4. The van der Waals surface area contributed by atoms with Crippen LogP contribution in [0.25, 0.3) is 11.2 Å². The summed E-state index contributed by atoms with van der Waals surface area (Å²) in [5.41, 5.74) is 6.41. The molecule has 0 fully saturated rings. The monoisotopic (exact) mass is 313 g/mol. The Bertz CT molecular complexity index is 632. The van der Waals surface area contributed by atoms with Crippen molar-refractivity contribution in [1.82, 2.24) is 19.5 Å². The second-order valence-corrected chi connectivity index (χ2v) is 4.73. The number of ether oxygens (including phenoxy) is 2. The van der Waals surface area contributed by atoms with Crippen molar-refractivity contribution in [3.05, 3.63) is 6.33 Å². The molecule has 0 aliphatic rings. The molecule has 2 rings (SSSR count). The summed E-state index contributed by atoms with van der Waals surface area (Å²) in [5, 5.41) is 28.3. The minimum atomic E-state index is -1.21. The molecule has 0 aromatic carbocycles. The van der Waals surface area contributed by atoms with Gasteiger partial charge < -0.3 is 30.5 Å². The lowest BCUT2D eigenvalue weighted by Gasteiger charge is -2.23. The Morgan fingerprint density at radius 2 is 2.09 bits per heavy atom. The number of methoxy groups -OCH3 is 1. The van der Waals surface area contributed by atoms with Gasteiger partial charge in [-0.2, -0.15) is 9.97 Å². The number of rotatable bonds is 7. The van der Waals surface area contributed by atoms with Gasteiger partial charge in [0.2, 0.25) is 11.8 Å². The Balaban J connectivity index is 2.20. The molecule has 0 radical (unpaired) electrons. The second kappa shape index (κ2) is 6.83. The van der Waals surface area contributed by atoms with Crippen LogP contribution in [0, 0.1) is 0 Å². The Hall–Kier alpha value is -2.01. The topological polar surface area (TPSA) is 149 Å². The van der Waals surface area contributed by atoms with Gasteiger partial charge in [-0.05, 0) is 6.92 Å². The molecule has 10 nitrogen and oxygen atoms in total. The number of hydrogen-bond donors (Lipinski definition) is 4. The molecule has 1 unspecified atom stereocenters. The fourth-order valence-corrected chi connectivity index (χ4v) is 1.92. The van der Waals surface area contributed by atoms with Crippen molar-refractivity contribution in [3.63, 3.8) is 0 Å². The van der Waals surface area contributed by atoms with Gasteiger partial charge in [0, 0.05) is 0 Å². The highest BCUT2D eigenvalue weighted by atomic mass is 16.5. The standard InChI is InChI=1S/C12H19N5O5/c1-6(19)9(20)7(3-18)22-5-17-4-14-8-10(17)15-12(13)16-11(8)21-2/h4,6-7,9,18-20H,3,5H2,1-2H3,(H2,13,15,16)/t6?,7-,9-/m1/s1. The number of hydrogen-bond acceptors (Lipinski definition) is 9. The van der Waals surface area contributed by atoms with E-state index < -0.39 is 24.9 Å². The third kappa shape index (κ3) is 3.25.